The van der Waals surface area contributed by atoms with Crippen LogP contribution in [0.3, 0.4) is 0 Å². The first kappa shape index (κ1) is 12.0. The highest BCUT2D eigenvalue weighted by Gasteiger charge is 2.14. The number of hydrogen-bond donors (Lipinski definition) is 2. The molecule has 0 aliphatic heterocycles. The predicted molar refractivity (Wildman–Crippen MR) is 58.9 cm³/mol. The smallest absolute Gasteiger partial charge is 0.308 e. The fourth-order valence-electron chi connectivity index (χ4n) is 1.27. The molecule has 0 bridgehead atoms. The zero-order chi connectivity index (χ0) is 12.0. The summed E-state index contributed by atoms with van der Waals surface area (Å²) in [5.74, 6) is -1.29. The van der Waals surface area contributed by atoms with E-state index >= 15 is 0 Å². The quantitative estimate of drug-likeness (QED) is 0.783. The van der Waals surface area contributed by atoms with Gasteiger partial charge in [-0.25, -0.2) is 0 Å². The SMILES string of the molecule is CCC(CNc1cnccc1C#N)C(=O)O. The zero-order valence-electron chi connectivity index (χ0n) is 8.97. The Hall–Kier alpha value is -2.09. The van der Waals surface area contributed by atoms with Gasteiger partial charge in [-0.05, 0) is 12.5 Å². The molecule has 0 saturated heterocycles. The number of carboxylic acid groups (broad SMARTS) is 1. The highest BCUT2D eigenvalue weighted by atomic mass is 16.4. The van der Waals surface area contributed by atoms with Crippen LogP contribution in [0.5, 0.6) is 0 Å². The summed E-state index contributed by atoms with van der Waals surface area (Å²) < 4.78 is 0. The summed E-state index contributed by atoms with van der Waals surface area (Å²) in [5.41, 5.74) is 1.04. The van der Waals surface area contributed by atoms with Gasteiger partial charge >= 0.3 is 5.97 Å². The highest BCUT2D eigenvalue weighted by molar-refractivity contribution is 5.71. The number of rotatable bonds is 5. The number of pyridine rings is 1. The van der Waals surface area contributed by atoms with Crippen LogP contribution in [0.1, 0.15) is 18.9 Å². The number of anilines is 1. The first-order valence-corrected chi connectivity index (χ1v) is 4.99. The van der Waals surface area contributed by atoms with Crippen molar-refractivity contribution in [2.24, 2.45) is 5.92 Å². The maximum atomic E-state index is 10.8. The van der Waals surface area contributed by atoms with Crippen molar-refractivity contribution in [2.75, 3.05) is 11.9 Å². The molecule has 5 nitrogen and oxygen atoms in total. The molecule has 1 aromatic rings. The number of nitrogens with zero attached hydrogens (tertiary/aromatic N) is 2. The Labute approximate surface area is 93.7 Å². The summed E-state index contributed by atoms with van der Waals surface area (Å²) in [6.45, 7) is 2.11. The van der Waals surface area contributed by atoms with Crippen LogP contribution in [0.25, 0.3) is 0 Å². The molecule has 0 radical (unpaired) electrons. The van der Waals surface area contributed by atoms with Gasteiger partial charge in [0.15, 0.2) is 0 Å². The van der Waals surface area contributed by atoms with Crippen molar-refractivity contribution in [1.29, 1.82) is 5.26 Å². The van der Waals surface area contributed by atoms with Crippen molar-refractivity contribution >= 4 is 11.7 Å². The molecule has 0 spiro atoms. The van der Waals surface area contributed by atoms with Crippen LogP contribution in [0.4, 0.5) is 5.69 Å². The Morgan fingerprint density at radius 2 is 2.50 bits per heavy atom. The van der Waals surface area contributed by atoms with Crippen LogP contribution in [0.2, 0.25) is 0 Å². The normalized spacial score (nSPS) is 11.5. The number of aromatic nitrogens is 1. The van der Waals surface area contributed by atoms with E-state index in [0.29, 0.717) is 24.2 Å². The van der Waals surface area contributed by atoms with Crippen LogP contribution in [0, 0.1) is 17.2 Å². The second-order valence-electron chi connectivity index (χ2n) is 3.36. The second kappa shape index (κ2) is 5.71. The van der Waals surface area contributed by atoms with Gasteiger partial charge in [0.05, 0.1) is 23.4 Å². The van der Waals surface area contributed by atoms with E-state index in [4.69, 9.17) is 10.4 Å². The van der Waals surface area contributed by atoms with Gasteiger partial charge in [0, 0.05) is 12.7 Å². The van der Waals surface area contributed by atoms with Crippen molar-refractivity contribution in [3.8, 4) is 6.07 Å². The van der Waals surface area contributed by atoms with Gasteiger partial charge in [-0.3, -0.25) is 9.78 Å². The minimum atomic E-state index is -0.836. The molecule has 1 heterocycles. The average Bonchev–Trinajstić information content (AvgIpc) is 2.30. The number of nitrogens with one attached hydrogen (secondary N) is 1. The fraction of sp³-hybridized carbons (Fsp3) is 0.364. The lowest BCUT2D eigenvalue weighted by Gasteiger charge is -2.12. The molecule has 2 N–H and O–H groups in total. The maximum Gasteiger partial charge on any atom is 0.308 e. The number of carboxylic acids is 1. The molecule has 0 aliphatic rings. The molecule has 0 saturated carbocycles. The summed E-state index contributed by atoms with van der Waals surface area (Å²) in [7, 11) is 0. The Morgan fingerprint density at radius 3 is 3.06 bits per heavy atom. The Bertz CT molecular complexity index is 412. The topological polar surface area (TPSA) is 86.0 Å². The number of nitriles is 1. The minimum absolute atomic E-state index is 0.298. The molecule has 1 rings (SSSR count). The van der Waals surface area contributed by atoms with Gasteiger partial charge in [-0.1, -0.05) is 6.92 Å². The Balaban J connectivity index is 2.67. The summed E-state index contributed by atoms with van der Waals surface area (Å²) in [6, 6.07) is 3.60. The Kier molecular flexibility index (Phi) is 4.28. The van der Waals surface area contributed by atoms with Gasteiger partial charge in [0.25, 0.3) is 0 Å². The van der Waals surface area contributed by atoms with Gasteiger partial charge in [0.2, 0.25) is 0 Å². The number of aliphatic carboxylic acids is 1. The number of hydrogen-bond acceptors (Lipinski definition) is 4. The van der Waals surface area contributed by atoms with Gasteiger partial charge < -0.3 is 10.4 Å². The molecule has 0 fully saturated rings. The molecular weight excluding hydrogens is 206 g/mol. The van der Waals surface area contributed by atoms with E-state index in [1.807, 2.05) is 13.0 Å². The lowest BCUT2D eigenvalue weighted by molar-refractivity contribution is -0.141. The number of carbonyl (C=O) groups is 1. The summed E-state index contributed by atoms with van der Waals surface area (Å²) in [5, 5.41) is 20.6. The van der Waals surface area contributed by atoms with Gasteiger partial charge in [-0.2, -0.15) is 5.26 Å². The molecule has 1 atom stereocenters. The third kappa shape index (κ3) is 2.95. The van der Waals surface area contributed by atoms with E-state index in [0.717, 1.165) is 0 Å². The summed E-state index contributed by atoms with van der Waals surface area (Å²) in [6.07, 6.45) is 3.59. The van der Waals surface area contributed by atoms with E-state index in [1.54, 1.807) is 6.07 Å². The molecule has 0 amide bonds. The molecule has 16 heavy (non-hydrogen) atoms. The lowest BCUT2D eigenvalue weighted by Crippen LogP contribution is -2.22. The first-order valence-electron chi connectivity index (χ1n) is 4.99. The van der Waals surface area contributed by atoms with Crippen molar-refractivity contribution < 1.29 is 9.90 Å². The summed E-state index contributed by atoms with van der Waals surface area (Å²) >= 11 is 0. The fourth-order valence-corrected chi connectivity index (χ4v) is 1.27. The van der Waals surface area contributed by atoms with Gasteiger partial charge in [-0.15, -0.1) is 0 Å². The molecule has 84 valence electrons. The third-order valence-electron chi connectivity index (χ3n) is 2.32. The average molecular weight is 219 g/mol. The van der Waals surface area contributed by atoms with E-state index in [1.165, 1.54) is 12.4 Å². The van der Waals surface area contributed by atoms with Gasteiger partial charge in [0.1, 0.15) is 6.07 Å². The molecule has 1 unspecified atom stereocenters. The maximum absolute atomic E-state index is 10.8. The molecule has 0 aliphatic carbocycles. The first-order chi connectivity index (χ1) is 7.69. The third-order valence-corrected chi connectivity index (χ3v) is 2.32. The Morgan fingerprint density at radius 1 is 1.75 bits per heavy atom. The van der Waals surface area contributed by atoms with E-state index in [9.17, 15) is 4.79 Å². The minimum Gasteiger partial charge on any atom is -0.481 e. The van der Waals surface area contributed by atoms with E-state index < -0.39 is 11.9 Å². The molecule has 0 aromatic carbocycles. The van der Waals surface area contributed by atoms with E-state index in [-0.39, 0.29) is 0 Å². The van der Waals surface area contributed by atoms with Crippen LogP contribution < -0.4 is 5.32 Å². The molecule has 1 aromatic heterocycles. The summed E-state index contributed by atoms with van der Waals surface area (Å²) in [4.78, 5) is 14.7. The van der Waals surface area contributed by atoms with Crippen molar-refractivity contribution in [3.63, 3.8) is 0 Å². The van der Waals surface area contributed by atoms with Crippen molar-refractivity contribution in [1.82, 2.24) is 4.98 Å². The lowest BCUT2D eigenvalue weighted by atomic mass is 10.1. The standard InChI is InChI=1S/C11H13N3O2/c1-2-8(11(15)16)6-14-10-7-13-4-3-9(10)5-12/h3-4,7-8,14H,2,6H2,1H3,(H,15,16). The second-order valence-corrected chi connectivity index (χ2v) is 3.36. The monoisotopic (exact) mass is 219 g/mol. The zero-order valence-corrected chi connectivity index (χ0v) is 8.97. The van der Waals surface area contributed by atoms with Crippen molar-refractivity contribution in [2.45, 2.75) is 13.3 Å². The van der Waals surface area contributed by atoms with Crippen LogP contribution in [0.15, 0.2) is 18.5 Å². The highest BCUT2D eigenvalue weighted by Crippen LogP contribution is 2.13. The largest absolute Gasteiger partial charge is 0.481 e. The van der Waals surface area contributed by atoms with Crippen LogP contribution in [-0.2, 0) is 4.79 Å². The van der Waals surface area contributed by atoms with Crippen LogP contribution >= 0.6 is 0 Å². The predicted octanol–water partition coefficient (Wildman–Crippen LogP) is 1.48. The molecular formula is C11H13N3O2. The van der Waals surface area contributed by atoms with E-state index in [2.05, 4.69) is 10.3 Å². The van der Waals surface area contributed by atoms with Crippen molar-refractivity contribution in [3.05, 3.63) is 24.0 Å². The van der Waals surface area contributed by atoms with Crippen LogP contribution in [-0.4, -0.2) is 22.6 Å². The molecule has 5 heteroatoms.